The number of hydrogen-bond donors (Lipinski definition) is 0. The van der Waals surface area contributed by atoms with Gasteiger partial charge in [0.1, 0.15) is 0 Å². The number of rotatable bonds is 28. The zero-order valence-electron chi connectivity index (χ0n) is 30.0. The first-order valence-electron chi connectivity index (χ1n) is 17.9. The molecule has 248 valence electrons. The number of unbranched alkanes of at least 4 members (excludes halogenated alkanes) is 5. The van der Waals surface area contributed by atoms with Crippen LogP contribution in [0.2, 0.25) is 73.0 Å². The van der Waals surface area contributed by atoms with Gasteiger partial charge in [-0.15, -0.1) is 0 Å². The van der Waals surface area contributed by atoms with Crippen LogP contribution in [0, 0.1) is 0 Å². The molecule has 0 saturated carbocycles. The Bertz CT molecular complexity index is 557. The molecule has 0 N–H and O–H groups in total. The van der Waals surface area contributed by atoms with E-state index in [-0.39, 0.29) is 0 Å². The van der Waals surface area contributed by atoms with E-state index in [1.165, 1.54) is 38.5 Å². The third-order valence-corrected chi connectivity index (χ3v) is 34.7. The molecule has 0 unspecified atom stereocenters. The largest absolute Gasteiger partial charge is 0.469 e. The van der Waals surface area contributed by atoms with Gasteiger partial charge in [0.05, 0.1) is 0 Å². The smallest absolute Gasteiger partial charge is 0.416 e. The third-order valence-electron chi connectivity index (χ3n) is 10.2. The summed E-state index contributed by atoms with van der Waals surface area (Å²) in [5, 5.41) is 0. The summed E-state index contributed by atoms with van der Waals surface area (Å²) in [7, 11) is -10.6. The summed E-state index contributed by atoms with van der Waals surface area (Å²) in [6.45, 7) is 29.1. The molecule has 0 aliphatic heterocycles. The van der Waals surface area contributed by atoms with Crippen LogP contribution in [-0.2, 0) is 21.2 Å². The van der Waals surface area contributed by atoms with Gasteiger partial charge in [-0.05, 0) is 87.3 Å². The predicted octanol–water partition coefficient (Wildman–Crippen LogP) is 11.5. The minimum absolute atomic E-state index is 0.759. The van der Waals surface area contributed by atoms with E-state index < -0.39 is 42.3 Å². The van der Waals surface area contributed by atoms with Crippen molar-refractivity contribution < 1.29 is 21.2 Å². The maximum Gasteiger partial charge on any atom is 0.469 e. The van der Waals surface area contributed by atoms with Gasteiger partial charge in [-0.25, -0.2) is 0 Å². The van der Waals surface area contributed by atoms with Gasteiger partial charge in [0.2, 0.25) is 0 Å². The van der Waals surface area contributed by atoms with E-state index in [1.54, 1.807) is 0 Å². The van der Waals surface area contributed by atoms with Gasteiger partial charge in [0.15, 0.2) is 25.0 Å². The molecule has 0 rings (SSSR count). The molecular weight excluding hydrogens is 593 g/mol. The Morgan fingerprint density at radius 3 is 0.902 bits per heavy atom. The topological polar surface area (TPSA) is 46.2 Å². The lowest BCUT2D eigenvalue weighted by Crippen LogP contribution is -2.64. The second-order valence-electron chi connectivity index (χ2n) is 12.3. The van der Waals surface area contributed by atoms with Crippen molar-refractivity contribution in [3.05, 3.63) is 0 Å². The zero-order chi connectivity index (χ0) is 31.5. The van der Waals surface area contributed by atoms with Crippen LogP contribution in [0.3, 0.4) is 0 Å². The molecule has 0 aromatic heterocycles. The van der Waals surface area contributed by atoms with E-state index >= 15 is 0 Å². The summed E-state index contributed by atoms with van der Waals surface area (Å²) in [6.07, 6.45) is 7.45. The lowest BCUT2D eigenvalue weighted by molar-refractivity contribution is 0.188. The highest BCUT2D eigenvalue weighted by Gasteiger charge is 2.54. The minimum atomic E-state index is -2.85. The summed E-state index contributed by atoms with van der Waals surface area (Å²) in [5.74, 6) is 0. The molecular formula is C31H74O5Si5. The van der Waals surface area contributed by atoms with Crippen LogP contribution < -0.4 is 0 Å². The maximum absolute atomic E-state index is 7.60. The van der Waals surface area contributed by atoms with Crippen LogP contribution in [0.4, 0.5) is 0 Å². The third kappa shape index (κ3) is 13.8. The van der Waals surface area contributed by atoms with Crippen molar-refractivity contribution in [3.8, 4) is 0 Å². The average Bonchev–Trinajstić information content (AvgIpc) is 2.99. The van der Waals surface area contributed by atoms with Crippen molar-refractivity contribution in [1.29, 1.82) is 0 Å². The Balaban J connectivity index is 5.83. The Morgan fingerprint density at radius 2 is 0.634 bits per heavy atom. The highest BCUT2D eigenvalue weighted by Crippen LogP contribution is 2.39. The van der Waals surface area contributed by atoms with Gasteiger partial charge in [0, 0.05) is 19.3 Å². The highest BCUT2D eigenvalue weighted by molar-refractivity contribution is 6.92. The molecule has 0 radical (unpaired) electrons. The lowest BCUT2D eigenvalue weighted by Gasteiger charge is -2.48. The molecule has 10 heteroatoms. The molecule has 0 aliphatic carbocycles. The second kappa shape index (κ2) is 21.6. The number of hydrogen-bond acceptors (Lipinski definition) is 5. The molecule has 5 nitrogen and oxygen atoms in total. The van der Waals surface area contributed by atoms with Crippen LogP contribution in [0.15, 0.2) is 0 Å². The van der Waals surface area contributed by atoms with Gasteiger partial charge < -0.3 is 21.2 Å². The van der Waals surface area contributed by atoms with Crippen LogP contribution in [0.25, 0.3) is 0 Å². The Kier molecular flexibility index (Phi) is 22.1. The molecule has 0 spiro atoms. The normalized spacial score (nSPS) is 13.8. The summed E-state index contributed by atoms with van der Waals surface area (Å²) in [6, 6.07) is 12.5. The van der Waals surface area contributed by atoms with Gasteiger partial charge in [-0.3, -0.25) is 0 Å². The van der Waals surface area contributed by atoms with E-state index in [2.05, 4.69) is 82.7 Å². The molecule has 0 heterocycles. The van der Waals surface area contributed by atoms with Crippen molar-refractivity contribution in [2.24, 2.45) is 0 Å². The van der Waals surface area contributed by atoms with E-state index in [1.807, 2.05) is 0 Å². The van der Waals surface area contributed by atoms with E-state index in [0.29, 0.717) is 0 Å². The van der Waals surface area contributed by atoms with Crippen LogP contribution in [0.5, 0.6) is 0 Å². The summed E-state index contributed by atoms with van der Waals surface area (Å²) in [4.78, 5) is 0. The van der Waals surface area contributed by atoms with Crippen LogP contribution >= 0.6 is 0 Å². The Morgan fingerprint density at radius 1 is 0.366 bits per heavy atom. The fraction of sp³-hybridized carbons (Fsp3) is 1.00. The van der Waals surface area contributed by atoms with Crippen LogP contribution in [0.1, 0.15) is 115 Å². The first-order chi connectivity index (χ1) is 19.5. The molecule has 0 bridgehead atoms. The van der Waals surface area contributed by atoms with Crippen LogP contribution in [-0.4, -0.2) is 55.5 Å². The van der Waals surface area contributed by atoms with Crippen molar-refractivity contribution >= 4 is 42.3 Å². The van der Waals surface area contributed by atoms with Crippen molar-refractivity contribution in [2.75, 3.05) is 13.2 Å². The van der Waals surface area contributed by atoms with Gasteiger partial charge in [-0.1, -0.05) is 94.4 Å². The Labute approximate surface area is 263 Å². The molecule has 41 heavy (non-hydrogen) atoms. The molecule has 0 aromatic carbocycles. The molecule has 0 aliphatic rings. The van der Waals surface area contributed by atoms with E-state index in [4.69, 9.17) is 21.2 Å². The molecule has 0 amide bonds. The minimum Gasteiger partial charge on any atom is -0.416 e. The summed E-state index contributed by atoms with van der Waals surface area (Å²) < 4.78 is 34.9. The van der Waals surface area contributed by atoms with Crippen molar-refractivity contribution in [1.82, 2.24) is 0 Å². The standard InChI is InChI=1S/C31H74O5Si5/c1-13-32-37(12,33-14-2)30-28-26-24-25-27-29-31-41(34-38(15-3,16-4)17-5,35-39(18-6,19-7)20-8)36-40(21-9,22-10)23-11/h13-31H2,1-12H3. The summed E-state index contributed by atoms with van der Waals surface area (Å²) in [5.41, 5.74) is 0. The SMILES string of the molecule is CCO[Si](C)(CCCCCCCC[Si](O[Si](CC)(CC)CC)(O[Si](CC)(CC)CC)O[Si](CC)(CC)CC)OCC. The fourth-order valence-electron chi connectivity index (χ4n) is 6.40. The lowest BCUT2D eigenvalue weighted by atomic mass is 10.1. The highest BCUT2D eigenvalue weighted by atomic mass is 28.5. The quantitative estimate of drug-likeness (QED) is 0.0614. The van der Waals surface area contributed by atoms with Gasteiger partial charge in [-0.2, -0.15) is 0 Å². The molecule has 0 fully saturated rings. The summed E-state index contributed by atoms with van der Waals surface area (Å²) >= 11 is 0. The molecule has 0 atom stereocenters. The molecule has 0 saturated heterocycles. The maximum atomic E-state index is 7.60. The fourth-order valence-corrected chi connectivity index (χ4v) is 30.0. The van der Waals surface area contributed by atoms with Crippen molar-refractivity contribution in [2.45, 2.75) is 188 Å². The Hall–Kier alpha value is 0.884. The van der Waals surface area contributed by atoms with E-state index in [0.717, 1.165) is 79.7 Å². The monoisotopic (exact) mass is 666 g/mol. The predicted molar refractivity (Wildman–Crippen MR) is 193 cm³/mol. The van der Waals surface area contributed by atoms with Crippen molar-refractivity contribution in [3.63, 3.8) is 0 Å². The average molecular weight is 667 g/mol. The van der Waals surface area contributed by atoms with Gasteiger partial charge >= 0.3 is 17.4 Å². The molecule has 0 aromatic rings. The van der Waals surface area contributed by atoms with E-state index in [9.17, 15) is 0 Å². The first-order valence-corrected chi connectivity index (χ1v) is 29.9. The second-order valence-corrected chi connectivity index (χ2v) is 33.5. The zero-order valence-corrected chi connectivity index (χ0v) is 35.0. The first kappa shape index (κ1) is 41.9. The van der Waals surface area contributed by atoms with Gasteiger partial charge in [0.25, 0.3) is 0 Å².